The van der Waals surface area contributed by atoms with Crippen molar-refractivity contribution >= 4 is 11.6 Å². The lowest BCUT2D eigenvalue weighted by Crippen LogP contribution is -2.51. The fourth-order valence-corrected chi connectivity index (χ4v) is 6.33. The van der Waals surface area contributed by atoms with E-state index in [9.17, 15) is 14.7 Å². The molecule has 0 saturated heterocycles. The Morgan fingerprint density at radius 1 is 1.09 bits per heavy atom. The molecule has 0 aromatic heterocycles. The second-order valence-electron chi connectivity index (χ2n) is 8.59. The molecule has 0 aromatic rings. The van der Waals surface area contributed by atoms with Crippen LogP contribution in [-0.4, -0.2) is 22.8 Å². The normalized spacial score (nSPS) is 51.0. The molecule has 3 heteroatoms. The Bertz CT molecular complexity index is 577. The zero-order valence-electron chi connectivity index (χ0n) is 13.6. The van der Waals surface area contributed by atoms with Crippen LogP contribution >= 0.6 is 0 Å². The van der Waals surface area contributed by atoms with Gasteiger partial charge in [0.1, 0.15) is 6.10 Å². The summed E-state index contributed by atoms with van der Waals surface area (Å²) >= 11 is 0. The first-order chi connectivity index (χ1) is 10.4. The fourth-order valence-electron chi connectivity index (χ4n) is 6.33. The van der Waals surface area contributed by atoms with E-state index >= 15 is 0 Å². The van der Waals surface area contributed by atoms with Gasteiger partial charge in [-0.2, -0.15) is 0 Å². The number of fused-ring (bicyclic) bond motifs is 5. The van der Waals surface area contributed by atoms with Crippen LogP contribution in [0.1, 0.15) is 58.8 Å². The lowest BCUT2D eigenvalue weighted by molar-refractivity contribution is -0.129. The first-order valence-corrected chi connectivity index (χ1v) is 8.81. The van der Waals surface area contributed by atoms with Crippen LogP contribution in [0.5, 0.6) is 0 Å². The molecule has 1 N–H and O–H groups in total. The van der Waals surface area contributed by atoms with Gasteiger partial charge in [0.05, 0.1) is 0 Å². The molecule has 0 aliphatic heterocycles. The Labute approximate surface area is 132 Å². The number of allylic oxidation sites excluding steroid dienone is 1. The van der Waals surface area contributed by atoms with Crippen molar-refractivity contribution in [3.05, 3.63) is 11.6 Å². The summed E-state index contributed by atoms with van der Waals surface area (Å²) in [6.07, 6.45) is 7.49. The van der Waals surface area contributed by atoms with Crippen molar-refractivity contribution in [2.24, 2.45) is 28.6 Å². The van der Waals surface area contributed by atoms with Crippen molar-refractivity contribution in [3.8, 4) is 0 Å². The zero-order chi connectivity index (χ0) is 15.7. The summed E-state index contributed by atoms with van der Waals surface area (Å²) in [6, 6.07) is 0. The van der Waals surface area contributed by atoms with Crippen LogP contribution in [0.3, 0.4) is 0 Å². The number of Topliss-reactive ketones (excluding diaryl/α,β-unsaturated/α-hetero) is 1. The molecule has 6 atom stereocenters. The van der Waals surface area contributed by atoms with Crippen LogP contribution in [0.2, 0.25) is 0 Å². The number of aliphatic hydroxyl groups excluding tert-OH is 1. The molecule has 3 saturated carbocycles. The van der Waals surface area contributed by atoms with E-state index in [2.05, 4.69) is 13.8 Å². The summed E-state index contributed by atoms with van der Waals surface area (Å²) in [6.45, 7) is 4.47. The highest BCUT2D eigenvalue weighted by Gasteiger charge is 2.61. The van der Waals surface area contributed by atoms with E-state index in [4.69, 9.17) is 0 Å². The SMILES string of the molecule is C[C@]12CCC(=O)C=C1CC[C@@H]1[C@H]2CC[C@]2(C)C(O)C(=O)C[C@@H]12. The highest BCUT2D eigenvalue weighted by atomic mass is 16.3. The van der Waals surface area contributed by atoms with Gasteiger partial charge in [0.2, 0.25) is 0 Å². The number of carbonyl (C=O) groups is 2. The average Bonchev–Trinajstić information content (AvgIpc) is 2.72. The van der Waals surface area contributed by atoms with Crippen LogP contribution < -0.4 is 0 Å². The Balaban J connectivity index is 1.70. The van der Waals surface area contributed by atoms with Gasteiger partial charge in [-0.3, -0.25) is 9.59 Å². The zero-order valence-corrected chi connectivity index (χ0v) is 13.6. The predicted molar refractivity (Wildman–Crippen MR) is 83.1 cm³/mol. The van der Waals surface area contributed by atoms with Crippen LogP contribution in [0.15, 0.2) is 11.6 Å². The maximum Gasteiger partial charge on any atom is 0.162 e. The second-order valence-corrected chi connectivity index (χ2v) is 8.59. The van der Waals surface area contributed by atoms with E-state index < -0.39 is 6.10 Å². The van der Waals surface area contributed by atoms with Gasteiger partial charge in [0, 0.05) is 18.3 Å². The molecule has 0 bridgehead atoms. The summed E-state index contributed by atoms with van der Waals surface area (Å²) in [5.74, 6) is 1.80. The summed E-state index contributed by atoms with van der Waals surface area (Å²) in [7, 11) is 0. The van der Waals surface area contributed by atoms with Crippen molar-refractivity contribution in [3.63, 3.8) is 0 Å². The van der Waals surface area contributed by atoms with Gasteiger partial charge >= 0.3 is 0 Å². The summed E-state index contributed by atoms with van der Waals surface area (Å²) in [4.78, 5) is 23.9. The van der Waals surface area contributed by atoms with E-state index in [0.717, 1.165) is 32.1 Å². The minimum absolute atomic E-state index is 0.0541. The van der Waals surface area contributed by atoms with E-state index in [1.54, 1.807) is 0 Å². The maximum atomic E-state index is 12.1. The maximum absolute atomic E-state index is 12.1. The van der Waals surface area contributed by atoms with Gasteiger partial charge in [0.25, 0.3) is 0 Å². The minimum atomic E-state index is -0.754. The van der Waals surface area contributed by atoms with Gasteiger partial charge in [-0.05, 0) is 61.3 Å². The van der Waals surface area contributed by atoms with Gasteiger partial charge in [-0.1, -0.05) is 19.4 Å². The monoisotopic (exact) mass is 302 g/mol. The van der Waals surface area contributed by atoms with Crippen molar-refractivity contribution in [2.75, 3.05) is 0 Å². The fraction of sp³-hybridized carbons (Fsp3) is 0.789. The molecule has 0 amide bonds. The first-order valence-electron chi connectivity index (χ1n) is 8.81. The van der Waals surface area contributed by atoms with E-state index in [-0.39, 0.29) is 22.4 Å². The molecule has 22 heavy (non-hydrogen) atoms. The number of hydrogen-bond donors (Lipinski definition) is 1. The lowest BCUT2D eigenvalue weighted by Gasteiger charge is -2.57. The Morgan fingerprint density at radius 2 is 1.86 bits per heavy atom. The Hall–Kier alpha value is -0.960. The van der Waals surface area contributed by atoms with Crippen molar-refractivity contribution < 1.29 is 14.7 Å². The van der Waals surface area contributed by atoms with Gasteiger partial charge in [0.15, 0.2) is 11.6 Å². The number of ketones is 2. The molecule has 120 valence electrons. The van der Waals surface area contributed by atoms with Crippen molar-refractivity contribution in [1.29, 1.82) is 0 Å². The molecule has 4 aliphatic rings. The van der Waals surface area contributed by atoms with E-state index in [0.29, 0.717) is 30.6 Å². The molecule has 3 nitrogen and oxygen atoms in total. The quantitative estimate of drug-likeness (QED) is 0.748. The average molecular weight is 302 g/mol. The van der Waals surface area contributed by atoms with Crippen LogP contribution in [-0.2, 0) is 9.59 Å². The molecular weight excluding hydrogens is 276 g/mol. The van der Waals surface area contributed by atoms with Gasteiger partial charge in [-0.25, -0.2) is 0 Å². The summed E-state index contributed by atoms with van der Waals surface area (Å²) < 4.78 is 0. The van der Waals surface area contributed by atoms with Crippen LogP contribution in [0.25, 0.3) is 0 Å². The predicted octanol–water partition coefficient (Wildman–Crippen LogP) is 3.06. The molecular formula is C19H26O3. The molecule has 0 spiro atoms. The number of rotatable bonds is 0. The molecule has 0 aromatic carbocycles. The molecule has 1 unspecified atom stereocenters. The minimum Gasteiger partial charge on any atom is -0.385 e. The third-order valence-corrected chi connectivity index (χ3v) is 7.75. The lowest BCUT2D eigenvalue weighted by atomic mass is 9.47. The standard InChI is InChI=1S/C19H26O3/c1-18-7-5-12(20)9-11(18)3-4-13-14(18)6-8-19(2)15(13)10-16(21)17(19)22/h9,13-15,17,22H,3-8,10H2,1-2H3/t13-,14-,15+,17?,18+,19+/m1/s1. The van der Waals surface area contributed by atoms with Gasteiger partial charge in [-0.15, -0.1) is 0 Å². The van der Waals surface area contributed by atoms with Gasteiger partial charge < -0.3 is 5.11 Å². The molecule has 3 fully saturated rings. The largest absolute Gasteiger partial charge is 0.385 e. The third-order valence-electron chi connectivity index (χ3n) is 7.75. The second kappa shape index (κ2) is 4.53. The third kappa shape index (κ3) is 1.72. The summed E-state index contributed by atoms with van der Waals surface area (Å²) in [5, 5.41) is 10.4. The van der Waals surface area contributed by atoms with Crippen molar-refractivity contribution in [1.82, 2.24) is 0 Å². The smallest absolute Gasteiger partial charge is 0.162 e. The highest BCUT2D eigenvalue weighted by Crippen LogP contribution is 2.64. The van der Waals surface area contributed by atoms with E-state index in [1.165, 1.54) is 5.57 Å². The molecule has 0 radical (unpaired) electrons. The topological polar surface area (TPSA) is 54.4 Å². The van der Waals surface area contributed by atoms with Crippen LogP contribution in [0, 0.1) is 28.6 Å². The number of aliphatic hydroxyl groups is 1. The Kier molecular flexibility index (Phi) is 3.01. The van der Waals surface area contributed by atoms with Crippen molar-refractivity contribution in [2.45, 2.75) is 64.9 Å². The molecule has 4 aliphatic carbocycles. The molecule has 0 heterocycles. The Morgan fingerprint density at radius 3 is 2.64 bits per heavy atom. The molecule has 4 rings (SSSR count). The first kappa shape index (κ1) is 14.6. The van der Waals surface area contributed by atoms with E-state index in [1.807, 2.05) is 6.08 Å². The highest BCUT2D eigenvalue weighted by molar-refractivity contribution is 5.91. The number of hydrogen-bond acceptors (Lipinski definition) is 3. The number of carbonyl (C=O) groups excluding carboxylic acids is 2. The van der Waals surface area contributed by atoms with Crippen LogP contribution in [0.4, 0.5) is 0 Å². The summed E-state index contributed by atoms with van der Waals surface area (Å²) in [5.41, 5.74) is 1.30.